The number of aromatic nitrogens is 4. The van der Waals surface area contributed by atoms with Crippen LogP contribution in [0.2, 0.25) is 0 Å². The number of likely N-dealkylation sites (N-methyl/N-ethyl adjacent to an activating group) is 1. The van der Waals surface area contributed by atoms with Gasteiger partial charge in [-0.1, -0.05) is 12.1 Å². The third-order valence-corrected chi connectivity index (χ3v) is 4.08. The van der Waals surface area contributed by atoms with Crippen molar-refractivity contribution in [2.45, 2.75) is 13.0 Å². The Kier molecular flexibility index (Phi) is 4.96. The fraction of sp³-hybridized carbons (Fsp3) is 0.333. The first-order valence-corrected chi connectivity index (χ1v) is 8.11. The molecular formula is C18H24N6. The maximum atomic E-state index is 4.22. The van der Waals surface area contributed by atoms with Gasteiger partial charge in [-0.25, -0.2) is 0 Å². The maximum absolute atomic E-state index is 4.22. The molecule has 6 nitrogen and oxygen atoms in total. The summed E-state index contributed by atoms with van der Waals surface area (Å²) in [5, 5.41) is 14.9. The molecule has 3 aromatic rings. The van der Waals surface area contributed by atoms with Gasteiger partial charge >= 0.3 is 0 Å². The fourth-order valence-corrected chi connectivity index (χ4v) is 2.63. The molecule has 0 atom stereocenters. The normalized spacial score (nSPS) is 11.2. The van der Waals surface area contributed by atoms with Crippen LogP contribution in [0.5, 0.6) is 0 Å². The summed E-state index contributed by atoms with van der Waals surface area (Å²) in [5.41, 5.74) is 5.62. The van der Waals surface area contributed by atoms with E-state index in [1.807, 2.05) is 24.0 Å². The van der Waals surface area contributed by atoms with Gasteiger partial charge < -0.3 is 10.2 Å². The molecular weight excluding hydrogens is 300 g/mol. The van der Waals surface area contributed by atoms with Gasteiger partial charge in [0.1, 0.15) is 0 Å². The molecule has 0 aliphatic carbocycles. The Morgan fingerprint density at radius 2 is 1.96 bits per heavy atom. The van der Waals surface area contributed by atoms with Gasteiger partial charge in [-0.15, -0.1) is 0 Å². The summed E-state index contributed by atoms with van der Waals surface area (Å²) >= 11 is 0. The van der Waals surface area contributed by atoms with Crippen molar-refractivity contribution in [2.24, 2.45) is 7.05 Å². The monoisotopic (exact) mass is 324 g/mol. The van der Waals surface area contributed by atoms with Crippen LogP contribution in [0.3, 0.4) is 0 Å². The highest BCUT2D eigenvalue weighted by molar-refractivity contribution is 5.59. The zero-order chi connectivity index (χ0) is 16.9. The van der Waals surface area contributed by atoms with Gasteiger partial charge in [0.15, 0.2) is 0 Å². The van der Waals surface area contributed by atoms with Crippen molar-refractivity contribution in [2.75, 3.05) is 26.0 Å². The van der Waals surface area contributed by atoms with Crippen molar-refractivity contribution in [1.82, 2.24) is 24.9 Å². The first-order valence-electron chi connectivity index (χ1n) is 8.11. The molecule has 1 aromatic carbocycles. The summed E-state index contributed by atoms with van der Waals surface area (Å²) in [6, 6.07) is 10.6. The van der Waals surface area contributed by atoms with E-state index in [4.69, 9.17) is 0 Å². The molecule has 0 fully saturated rings. The van der Waals surface area contributed by atoms with Crippen LogP contribution in [0.1, 0.15) is 11.1 Å². The van der Waals surface area contributed by atoms with Crippen molar-refractivity contribution < 1.29 is 0 Å². The summed E-state index contributed by atoms with van der Waals surface area (Å²) in [6.45, 7) is 1.78. The van der Waals surface area contributed by atoms with Crippen molar-refractivity contribution >= 4 is 5.69 Å². The number of hydrogen-bond donors (Lipinski definition) is 2. The van der Waals surface area contributed by atoms with E-state index in [2.05, 4.69) is 63.9 Å². The number of nitrogens with one attached hydrogen (secondary N) is 2. The molecule has 0 bridgehead atoms. The van der Waals surface area contributed by atoms with E-state index in [9.17, 15) is 0 Å². The third-order valence-electron chi connectivity index (χ3n) is 4.08. The number of nitrogens with zero attached hydrogens (tertiary/aromatic N) is 4. The predicted octanol–water partition coefficient (Wildman–Crippen LogP) is 2.53. The zero-order valence-electron chi connectivity index (χ0n) is 14.5. The van der Waals surface area contributed by atoms with Crippen LogP contribution in [0.4, 0.5) is 5.69 Å². The van der Waals surface area contributed by atoms with Crippen molar-refractivity contribution in [3.05, 3.63) is 53.9 Å². The average Bonchev–Trinajstić information content (AvgIpc) is 3.20. The SMILES string of the molecule is CN(C)CCc1ccc(NCc2cn[nH]c2-c2ccnn2C)cc1. The van der Waals surface area contributed by atoms with Gasteiger partial charge in [-0.2, -0.15) is 10.2 Å². The van der Waals surface area contributed by atoms with E-state index in [-0.39, 0.29) is 0 Å². The van der Waals surface area contributed by atoms with Gasteiger partial charge in [0.25, 0.3) is 0 Å². The summed E-state index contributed by atoms with van der Waals surface area (Å²) in [6.07, 6.45) is 4.72. The van der Waals surface area contributed by atoms with E-state index < -0.39 is 0 Å². The summed E-state index contributed by atoms with van der Waals surface area (Å²) in [7, 11) is 6.13. The molecule has 6 heteroatoms. The average molecular weight is 324 g/mol. The highest BCUT2D eigenvalue weighted by atomic mass is 15.3. The van der Waals surface area contributed by atoms with Crippen molar-refractivity contribution in [3.8, 4) is 11.4 Å². The minimum absolute atomic E-state index is 0.716. The quantitative estimate of drug-likeness (QED) is 0.701. The smallest absolute Gasteiger partial charge is 0.0880 e. The fourth-order valence-electron chi connectivity index (χ4n) is 2.63. The van der Waals surface area contributed by atoms with Gasteiger partial charge in [-0.3, -0.25) is 9.78 Å². The molecule has 0 amide bonds. The molecule has 2 aromatic heterocycles. The second-order valence-corrected chi connectivity index (χ2v) is 6.21. The van der Waals surface area contributed by atoms with Crippen LogP contribution in [0.25, 0.3) is 11.4 Å². The first-order chi connectivity index (χ1) is 11.6. The number of aromatic amines is 1. The number of aryl methyl sites for hydroxylation is 1. The van der Waals surface area contributed by atoms with Gasteiger partial charge in [-0.05, 0) is 44.3 Å². The maximum Gasteiger partial charge on any atom is 0.0880 e. The Hall–Kier alpha value is -2.60. The molecule has 2 heterocycles. The van der Waals surface area contributed by atoms with Crippen LogP contribution in [0.15, 0.2) is 42.7 Å². The molecule has 0 aliphatic rings. The highest BCUT2D eigenvalue weighted by Gasteiger charge is 2.10. The summed E-state index contributed by atoms with van der Waals surface area (Å²) in [4.78, 5) is 2.20. The topological polar surface area (TPSA) is 61.8 Å². The van der Waals surface area contributed by atoms with E-state index in [1.165, 1.54) is 5.56 Å². The lowest BCUT2D eigenvalue weighted by Gasteiger charge is -2.11. The molecule has 0 radical (unpaired) electrons. The van der Waals surface area contributed by atoms with Gasteiger partial charge in [0.2, 0.25) is 0 Å². The number of benzene rings is 1. The molecule has 3 rings (SSSR count). The molecule has 2 N–H and O–H groups in total. The minimum atomic E-state index is 0.716. The lowest BCUT2D eigenvalue weighted by molar-refractivity contribution is 0.413. The zero-order valence-corrected chi connectivity index (χ0v) is 14.5. The first kappa shape index (κ1) is 16.3. The van der Waals surface area contributed by atoms with Gasteiger partial charge in [0.05, 0.1) is 17.6 Å². The van der Waals surface area contributed by atoms with E-state index in [0.717, 1.165) is 35.6 Å². The van der Waals surface area contributed by atoms with E-state index in [1.54, 1.807) is 6.20 Å². The minimum Gasteiger partial charge on any atom is -0.381 e. The number of rotatable bonds is 7. The standard InChI is InChI=1S/C18H24N6/c1-23(2)11-9-14-4-6-16(7-5-14)19-12-15-13-20-22-18(15)17-8-10-21-24(17)3/h4-8,10,13,19H,9,11-12H2,1-3H3,(H,20,22). The van der Waals surface area contributed by atoms with Crippen LogP contribution < -0.4 is 5.32 Å². The Bertz CT molecular complexity index is 769. The molecule has 0 unspecified atom stereocenters. The van der Waals surface area contributed by atoms with Gasteiger partial charge in [0, 0.05) is 37.6 Å². The van der Waals surface area contributed by atoms with Crippen LogP contribution in [0, 0.1) is 0 Å². The van der Waals surface area contributed by atoms with Crippen LogP contribution >= 0.6 is 0 Å². The molecule has 0 spiro atoms. The summed E-state index contributed by atoms with van der Waals surface area (Å²) in [5.74, 6) is 0. The molecule has 126 valence electrons. The van der Waals surface area contributed by atoms with E-state index >= 15 is 0 Å². The lowest BCUT2D eigenvalue weighted by atomic mass is 10.1. The number of hydrogen-bond acceptors (Lipinski definition) is 4. The Balaban J connectivity index is 1.63. The molecule has 0 saturated carbocycles. The lowest BCUT2D eigenvalue weighted by Crippen LogP contribution is -2.14. The Morgan fingerprint density at radius 3 is 2.62 bits per heavy atom. The highest BCUT2D eigenvalue weighted by Crippen LogP contribution is 2.21. The van der Waals surface area contributed by atoms with Crippen molar-refractivity contribution in [3.63, 3.8) is 0 Å². The summed E-state index contributed by atoms with van der Waals surface area (Å²) < 4.78 is 1.84. The Morgan fingerprint density at radius 1 is 1.17 bits per heavy atom. The van der Waals surface area contributed by atoms with Crippen LogP contribution in [-0.2, 0) is 20.0 Å². The largest absolute Gasteiger partial charge is 0.381 e. The Labute approximate surface area is 142 Å². The van der Waals surface area contributed by atoms with Crippen LogP contribution in [-0.4, -0.2) is 45.5 Å². The van der Waals surface area contributed by atoms with E-state index in [0.29, 0.717) is 6.54 Å². The molecule has 0 saturated heterocycles. The second kappa shape index (κ2) is 7.31. The number of anilines is 1. The third kappa shape index (κ3) is 3.83. The van der Waals surface area contributed by atoms with Crippen molar-refractivity contribution in [1.29, 1.82) is 0 Å². The predicted molar refractivity (Wildman–Crippen MR) is 96.8 cm³/mol. The molecule has 0 aliphatic heterocycles. The number of H-pyrrole nitrogens is 1. The second-order valence-electron chi connectivity index (χ2n) is 6.21. The molecule has 24 heavy (non-hydrogen) atoms.